The van der Waals surface area contributed by atoms with Crippen molar-refractivity contribution in [2.45, 2.75) is 13.1 Å². The average Bonchev–Trinajstić information content (AvgIpc) is 2.97. The molecule has 5 heteroatoms. The summed E-state index contributed by atoms with van der Waals surface area (Å²) < 4.78 is 3.65. The van der Waals surface area contributed by atoms with E-state index in [2.05, 4.69) is 4.98 Å². The molecule has 0 unspecified atom stereocenters. The van der Waals surface area contributed by atoms with Crippen LogP contribution in [0.3, 0.4) is 0 Å². The second-order valence-corrected chi connectivity index (χ2v) is 4.80. The van der Waals surface area contributed by atoms with Gasteiger partial charge in [0.25, 0.3) is 5.56 Å². The van der Waals surface area contributed by atoms with Crippen molar-refractivity contribution in [1.82, 2.24) is 14.1 Å². The number of hydrogen-bond acceptors (Lipinski definition) is 3. The molecule has 5 nitrogen and oxygen atoms in total. The van der Waals surface area contributed by atoms with Crippen LogP contribution in [-0.4, -0.2) is 14.1 Å². The number of anilines is 1. The smallest absolute Gasteiger partial charge is 0.250 e. The third-order valence-electron chi connectivity index (χ3n) is 3.34. The lowest BCUT2D eigenvalue weighted by Gasteiger charge is -2.10. The molecule has 0 fully saturated rings. The zero-order chi connectivity index (χ0) is 14.7. The van der Waals surface area contributed by atoms with E-state index in [1.165, 1.54) is 6.07 Å². The van der Waals surface area contributed by atoms with Crippen LogP contribution in [-0.2, 0) is 13.1 Å². The van der Waals surface area contributed by atoms with Gasteiger partial charge in [-0.15, -0.1) is 0 Å². The summed E-state index contributed by atoms with van der Waals surface area (Å²) in [6.45, 7) is 1.22. The first kappa shape index (κ1) is 13.2. The number of pyridine rings is 1. The molecule has 2 heterocycles. The van der Waals surface area contributed by atoms with E-state index in [0.29, 0.717) is 18.8 Å². The number of benzene rings is 1. The summed E-state index contributed by atoms with van der Waals surface area (Å²) in [6.07, 6.45) is 5.35. The van der Waals surface area contributed by atoms with E-state index in [9.17, 15) is 4.79 Å². The molecule has 0 bridgehead atoms. The number of nitrogens with two attached hydrogens (primary N) is 1. The molecule has 0 atom stereocenters. The fourth-order valence-corrected chi connectivity index (χ4v) is 2.28. The Balaban J connectivity index is 1.82. The first-order valence-electron chi connectivity index (χ1n) is 6.76. The lowest BCUT2D eigenvalue weighted by atomic mass is 10.2. The zero-order valence-electron chi connectivity index (χ0n) is 11.5. The maximum Gasteiger partial charge on any atom is 0.250 e. The summed E-state index contributed by atoms with van der Waals surface area (Å²) in [7, 11) is 0. The first-order chi connectivity index (χ1) is 10.2. The van der Waals surface area contributed by atoms with Gasteiger partial charge in [0.05, 0.1) is 0 Å². The summed E-state index contributed by atoms with van der Waals surface area (Å²) in [4.78, 5) is 16.2. The molecule has 2 N–H and O–H groups in total. The van der Waals surface area contributed by atoms with Gasteiger partial charge in [0.15, 0.2) is 0 Å². The van der Waals surface area contributed by atoms with Crippen molar-refractivity contribution in [1.29, 1.82) is 0 Å². The highest BCUT2D eigenvalue weighted by atomic mass is 16.1. The quantitative estimate of drug-likeness (QED) is 0.795. The lowest BCUT2D eigenvalue weighted by Crippen LogP contribution is -2.21. The van der Waals surface area contributed by atoms with Crippen molar-refractivity contribution in [3.63, 3.8) is 0 Å². The maximum atomic E-state index is 11.8. The van der Waals surface area contributed by atoms with Crippen LogP contribution in [0.4, 0.5) is 5.69 Å². The highest BCUT2D eigenvalue weighted by Crippen LogP contribution is 2.16. The van der Waals surface area contributed by atoms with Crippen LogP contribution in [0.1, 0.15) is 0 Å². The molecule has 0 aliphatic heterocycles. The fraction of sp³-hybridized carbons (Fsp3) is 0.125. The Hall–Kier alpha value is -2.82. The normalized spacial score (nSPS) is 10.7. The Labute approximate surface area is 122 Å². The summed E-state index contributed by atoms with van der Waals surface area (Å²) in [5.74, 6) is 0.896. The van der Waals surface area contributed by atoms with Crippen LogP contribution in [0.5, 0.6) is 0 Å². The maximum absolute atomic E-state index is 11.8. The van der Waals surface area contributed by atoms with Gasteiger partial charge in [0.2, 0.25) is 0 Å². The molecule has 0 saturated carbocycles. The Morgan fingerprint density at radius 2 is 1.76 bits per heavy atom. The highest BCUT2D eigenvalue weighted by molar-refractivity contribution is 5.55. The van der Waals surface area contributed by atoms with Crippen LogP contribution in [0, 0.1) is 0 Å². The van der Waals surface area contributed by atoms with Gasteiger partial charge < -0.3 is 14.9 Å². The number of rotatable bonds is 4. The Morgan fingerprint density at radius 1 is 1.00 bits per heavy atom. The minimum absolute atomic E-state index is 0.0504. The molecule has 0 saturated heterocycles. The average molecular weight is 280 g/mol. The molecule has 21 heavy (non-hydrogen) atoms. The van der Waals surface area contributed by atoms with Crippen molar-refractivity contribution in [3.8, 4) is 11.4 Å². The molecule has 3 rings (SSSR count). The molecule has 0 aliphatic carbocycles. The topological polar surface area (TPSA) is 65.8 Å². The van der Waals surface area contributed by atoms with E-state index in [0.717, 1.165) is 11.4 Å². The fourth-order valence-electron chi connectivity index (χ4n) is 2.28. The predicted molar refractivity (Wildman–Crippen MR) is 82.8 cm³/mol. The third kappa shape index (κ3) is 2.86. The van der Waals surface area contributed by atoms with Crippen LogP contribution >= 0.6 is 0 Å². The van der Waals surface area contributed by atoms with Gasteiger partial charge in [0.1, 0.15) is 5.82 Å². The van der Waals surface area contributed by atoms with E-state index in [1.54, 1.807) is 23.0 Å². The van der Waals surface area contributed by atoms with E-state index < -0.39 is 0 Å². The van der Waals surface area contributed by atoms with Gasteiger partial charge in [-0.1, -0.05) is 30.3 Å². The standard InChI is InChI=1S/C16H16N4O/c17-14-6-7-15(21)20(12-14)11-10-19-9-8-18-16(19)13-4-2-1-3-5-13/h1-9,12H,10-11,17H2. The van der Waals surface area contributed by atoms with E-state index in [-0.39, 0.29) is 5.56 Å². The van der Waals surface area contributed by atoms with Gasteiger partial charge in [-0.05, 0) is 6.07 Å². The van der Waals surface area contributed by atoms with Crippen LogP contribution in [0.2, 0.25) is 0 Å². The molecule has 0 spiro atoms. The van der Waals surface area contributed by atoms with Crippen molar-refractivity contribution >= 4 is 5.69 Å². The van der Waals surface area contributed by atoms with Crippen LogP contribution in [0.25, 0.3) is 11.4 Å². The number of aryl methyl sites for hydroxylation is 2. The molecule has 0 aliphatic rings. The summed E-state index contributed by atoms with van der Waals surface area (Å²) in [5, 5.41) is 0. The van der Waals surface area contributed by atoms with Gasteiger partial charge in [-0.2, -0.15) is 0 Å². The largest absolute Gasteiger partial charge is 0.398 e. The zero-order valence-corrected chi connectivity index (χ0v) is 11.5. The number of hydrogen-bond donors (Lipinski definition) is 1. The van der Waals surface area contributed by atoms with Gasteiger partial charge in [-0.25, -0.2) is 4.98 Å². The summed E-state index contributed by atoms with van der Waals surface area (Å²) in [6, 6.07) is 13.1. The SMILES string of the molecule is Nc1ccc(=O)n(CCn2ccnc2-c2ccccc2)c1. The second kappa shape index (κ2) is 5.66. The Kier molecular flexibility index (Phi) is 3.55. The molecule has 106 valence electrons. The lowest BCUT2D eigenvalue weighted by molar-refractivity contribution is 0.569. The van der Waals surface area contributed by atoms with Gasteiger partial charge >= 0.3 is 0 Å². The van der Waals surface area contributed by atoms with Crippen LogP contribution < -0.4 is 11.3 Å². The number of aromatic nitrogens is 3. The molecular weight excluding hydrogens is 264 g/mol. The number of nitrogen functional groups attached to an aromatic ring is 1. The van der Waals surface area contributed by atoms with E-state index in [1.807, 2.05) is 41.1 Å². The first-order valence-corrected chi connectivity index (χ1v) is 6.76. The number of nitrogens with zero attached hydrogens (tertiary/aromatic N) is 3. The van der Waals surface area contributed by atoms with Crippen molar-refractivity contribution in [2.24, 2.45) is 0 Å². The summed E-state index contributed by atoms with van der Waals surface area (Å²) >= 11 is 0. The van der Waals surface area contributed by atoms with Crippen LogP contribution in [0.15, 0.2) is 65.8 Å². The van der Waals surface area contributed by atoms with Gasteiger partial charge in [-0.3, -0.25) is 4.79 Å². The summed E-state index contributed by atoms with van der Waals surface area (Å²) in [5.41, 5.74) is 7.31. The van der Waals surface area contributed by atoms with Crippen molar-refractivity contribution in [3.05, 3.63) is 71.4 Å². The van der Waals surface area contributed by atoms with Gasteiger partial charge in [0, 0.05) is 49.0 Å². The number of imidazole rings is 1. The molecule has 3 aromatic rings. The molecule has 0 amide bonds. The highest BCUT2D eigenvalue weighted by Gasteiger charge is 2.05. The molecule has 0 radical (unpaired) electrons. The minimum Gasteiger partial charge on any atom is -0.398 e. The molecule has 2 aromatic heterocycles. The minimum atomic E-state index is -0.0504. The Bertz CT molecular complexity index is 789. The van der Waals surface area contributed by atoms with E-state index >= 15 is 0 Å². The third-order valence-corrected chi connectivity index (χ3v) is 3.34. The molecular formula is C16H16N4O. The monoisotopic (exact) mass is 280 g/mol. The second-order valence-electron chi connectivity index (χ2n) is 4.80. The molecule has 1 aromatic carbocycles. The van der Waals surface area contributed by atoms with Crippen molar-refractivity contribution < 1.29 is 0 Å². The van der Waals surface area contributed by atoms with E-state index in [4.69, 9.17) is 5.73 Å². The van der Waals surface area contributed by atoms with Crippen molar-refractivity contribution in [2.75, 3.05) is 5.73 Å². The Morgan fingerprint density at radius 3 is 2.57 bits per heavy atom. The predicted octanol–water partition coefficient (Wildman–Crippen LogP) is 1.99.